The van der Waals surface area contributed by atoms with Crippen LogP contribution < -0.4 is 5.32 Å². The Morgan fingerprint density at radius 2 is 1.89 bits per heavy atom. The maximum absolute atomic E-state index is 15.4. The molecule has 0 radical (unpaired) electrons. The van der Waals surface area contributed by atoms with Crippen LogP contribution in [-0.4, -0.2) is 63.1 Å². The second kappa shape index (κ2) is 15.3. The molecule has 0 saturated heterocycles. The van der Waals surface area contributed by atoms with Gasteiger partial charge in [-0.15, -0.1) is 0 Å². The summed E-state index contributed by atoms with van der Waals surface area (Å²) < 4.78 is 51.6. The summed E-state index contributed by atoms with van der Waals surface area (Å²) in [4.78, 5) is 24.3. The van der Waals surface area contributed by atoms with Gasteiger partial charge in [-0.25, -0.2) is 4.39 Å². The first-order chi connectivity index (χ1) is 17.8. The first-order valence-electron chi connectivity index (χ1n) is 13.4. The number of nitrogens with one attached hydrogen (secondary N) is 1. The molecule has 216 valence electrons. The van der Waals surface area contributed by atoms with Crippen LogP contribution in [0.4, 0.5) is 17.6 Å². The lowest BCUT2D eigenvalue weighted by Gasteiger charge is -2.26. The first kappa shape index (κ1) is 32.7. The topological polar surface area (TPSA) is 66.8 Å². The fourth-order valence-corrected chi connectivity index (χ4v) is 4.85. The molecule has 2 rings (SSSR count). The second-order valence-electron chi connectivity index (χ2n) is 10.3. The van der Waals surface area contributed by atoms with Gasteiger partial charge in [0.2, 0.25) is 5.91 Å². The van der Waals surface area contributed by atoms with Crippen LogP contribution in [0.25, 0.3) is 0 Å². The number of amides is 1. The molecule has 3 atom stereocenters. The zero-order valence-corrected chi connectivity index (χ0v) is 25.0. The Balaban J connectivity index is 1.77. The number of hydrogen-bond donors (Lipinski definition) is 1. The van der Waals surface area contributed by atoms with Gasteiger partial charge in [-0.2, -0.15) is 13.2 Å². The van der Waals surface area contributed by atoms with Crippen LogP contribution in [-0.2, 0) is 28.9 Å². The van der Waals surface area contributed by atoms with E-state index in [1.54, 1.807) is 13.0 Å². The molecule has 0 bridgehead atoms. The molecular formula is C27H41F4IN4O2. The standard InChI is InChI=1S/C27H41F4IN4O2/c1-5-22(34-25(37)18-20(4)38-35-19(2)3)8-12-26(28,32)14-17-36-15-10-21-6-7-23(9-13-27(29,30)31)33-24(21)11-16-36/h6-7,20,22H,5,8-18H2,1-4H3,(H,34,37). The molecule has 3 unspecified atom stereocenters. The smallest absolute Gasteiger partial charge is 0.389 e. The van der Waals surface area contributed by atoms with E-state index in [1.165, 1.54) is 0 Å². The number of carbonyl (C=O) groups is 1. The molecule has 1 N–H and O–H groups in total. The van der Waals surface area contributed by atoms with Gasteiger partial charge in [-0.05, 0) is 87.1 Å². The van der Waals surface area contributed by atoms with Gasteiger partial charge < -0.3 is 15.1 Å². The van der Waals surface area contributed by atoms with Gasteiger partial charge in [0.05, 0.1) is 12.1 Å². The third-order valence-electron chi connectivity index (χ3n) is 6.55. The van der Waals surface area contributed by atoms with Gasteiger partial charge in [0, 0.05) is 56.3 Å². The summed E-state index contributed by atoms with van der Waals surface area (Å²) in [6.45, 7) is 9.44. The van der Waals surface area contributed by atoms with E-state index in [-0.39, 0.29) is 30.9 Å². The molecule has 0 aliphatic carbocycles. The Morgan fingerprint density at radius 3 is 2.55 bits per heavy atom. The Bertz CT molecular complexity index is 923. The van der Waals surface area contributed by atoms with E-state index in [0.29, 0.717) is 50.9 Å². The minimum atomic E-state index is -4.19. The molecule has 38 heavy (non-hydrogen) atoms. The average Bonchev–Trinajstić information content (AvgIpc) is 3.04. The van der Waals surface area contributed by atoms with Crippen molar-refractivity contribution in [1.82, 2.24) is 15.2 Å². The zero-order chi connectivity index (χ0) is 28.3. The number of carbonyl (C=O) groups excluding carboxylic acids is 1. The van der Waals surface area contributed by atoms with Gasteiger partial charge in [-0.3, -0.25) is 9.78 Å². The number of nitrogens with zero attached hydrogens (tertiary/aromatic N) is 3. The summed E-state index contributed by atoms with van der Waals surface area (Å²) in [5.41, 5.74) is 3.15. The molecule has 1 aromatic rings. The Labute approximate surface area is 237 Å². The molecule has 11 heteroatoms. The number of rotatable bonds is 14. The average molecular weight is 657 g/mol. The molecule has 0 spiro atoms. The van der Waals surface area contributed by atoms with Crippen LogP contribution in [0, 0.1) is 0 Å². The summed E-state index contributed by atoms with van der Waals surface area (Å²) in [6, 6.07) is 3.47. The summed E-state index contributed by atoms with van der Waals surface area (Å²) in [7, 11) is 0. The number of oxime groups is 1. The number of hydrogen-bond acceptors (Lipinski definition) is 5. The quantitative estimate of drug-likeness (QED) is 0.0836. The fourth-order valence-electron chi connectivity index (χ4n) is 4.30. The van der Waals surface area contributed by atoms with Crippen molar-refractivity contribution in [2.45, 2.75) is 107 Å². The molecule has 0 saturated carbocycles. The fraction of sp³-hybridized carbons (Fsp3) is 0.741. The highest BCUT2D eigenvalue weighted by Gasteiger charge is 2.29. The number of halogens is 5. The highest BCUT2D eigenvalue weighted by molar-refractivity contribution is 14.1. The third-order valence-corrected chi connectivity index (χ3v) is 7.63. The molecule has 0 aromatic carbocycles. The SMILES string of the molecule is CCC(CCC(F)(I)CCN1CCc2ccc(CCC(F)(F)F)nc2CC1)NC(=O)CC(C)ON=C(C)C. The monoisotopic (exact) mass is 656 g/mol. The van der Waals surface area contributed by atoms with Crippen LogP contribution >= 0.6 is 22.6 Å². The van der Waals surface area contributed by atoms with Gasteiger partial charge in [0.25, 0.3) is 0 Å². The Morgan fingerprint density at radius 1 is 1.18 bits per heavy atom. The normalized spacial score (nSPS) is 17.5. The van der Waals surface area contributed by atoms with Crippen molar-refractivity contribution in [3.63, 3.8) is 0 Å². The van der Waals surface area contributed by atoms with E-state index in [0.717, 1.165) is 29.9 Å². The van der Waals surface area contributed by atoms with Crippen molar-refractivity contribution in [3.8, 4) is 0 Å². The maximum atomic E-state index is 15.4. The lowest BCUT2D eigenvalue weighted by Crippen LogP contribution is -2.37. The van der Waals surface area contributed by atoms with E-state index in [9.17, 15) is 18.0 Å². The van der Waals surface area contributed by atoms with E-state index < -0.39 is 16.3 Å². The van der Waals surface area contributed by atoms with Gasteiger partial charge in [0.15, 0.2) is 3.68 Å². The zero-order valence-electron chi connectivity index (χ0n) is 22.8. The summed E-state index contributed by atoms with van der Waals surface area (Å²) in [6.07, 6.45) is -2.00. The summed E-state index contributed by atoms with van der Waals surface area (Å²) >= 11 is 1.88. The minimum Gasteiger partial charge on any atom is -0.392 e. The predicted octanol–water partition coefficient (Wildman–Crippen LogP) is 6.33. The Hall–Kier alpha value is -1.50. The molecule has 1 aromatic heterocycles. The number of aromatic nitrogens is 1. The highest BCUT2D eigenvalue weighted by atomic mass is 127. The number of aryl methyl sites for hydroxylation is 1. The molecule has 2 heterocycles. The van der Waals surface area contributed by atoms with Crippen LogP contribution in [0.15, 0.2) is 17.3 Å². The molecular weight excluding hydrogens is 615 g/mol. The van der Waals surface area contributed by atoms with Crippen molar-refractivity contribution in [2.24, 2.45) is 5.16 Å². The minimum absolute atomic E-state index is 0.110. The van der Waals surface area contributed by atoms with Crippen LogP contribution in [0.3, 0.4) is 0 Å². The largest absolute Gasteiger partial charge is 0.392 e. The van der Waals surface area contributed by atoms with Crippen molar-refractivity contribution in [3.05, 3.63) is 29.1 Å². The summed E-state index contributed by atoms with van der Waals surface area (Å²) in [5.74, 6) is -0.134. The third kappa shape index (κ3) is 13.0. The number of pyridine rings is 1. The van der Waals surface area contributed by atoms with Gasteiger partial charge in [0.1, 0.15) is 6.10 Å². The lowest BCUT2D eigenvalue weighted by molar-refractivity contribution is -0.134. The molecule has 1 amide bonds. The van der Waals surface area contributed by atoms with Crippen LogP contribution in [0.1, 0.15) is 83.2 Å². The molecule has 1 aliphatic rings. The first-order valence-corrected chi connectivity index (χ1v) is 14.4. The molecule has 6 nitrogen and oxygen atoms in total. The van der Waals surface area contributed by atoms with Crippen molar-refractivity contribution in [1.29, 1.82) is 0 Å². The van der Waals surface area contributed by atoms with Crippen LogP contribution in [0.2, 0.25) is 0 Å². The van der Waals surface area contributed by atoms with E-state index >= 15 is 4.39 Å². The van der Waals surface area contributed by atoms with Crippen molar-refractivity contribution in [2.75, 3.05) is 19.6 Å². The number of fused-ring (bicyclic) bond motifs is 1. The Kier molecular flexibility index (Phi) is 13.2. The number of alkyl halides is 5. The maximum Gasteiger partial charge on any atom is 0.389 e. The summed E-state index contributed by atoms with van der Waals surface area (Å²) in [5, 5.41) is 6.87. The molecule has 0 fully saturated rings. The van der Waals surface area contributed by atoms with Crippen molar-refractivity contribution >= 4 is 34.2 Å². The predicted molar refractivity (Wildman–Crippen MR) is 150 cm³/mol. The van der Waals surface area contributed by atoms with Gasteiger partial charge >= 0.3 is 6.18 Å². The van der Waals surface area contributed by atoms with E-state index in [1.807, 2.05) is 49.4 Å². The van der Waals surface area contributed by atoms with E-state index in [4.69, 9.17) is 4.84 Å². The van der Waals surface area contributed by atoms with Gasteiger partial charge in [-0.1, -0.05) is 18.1 Å². The highest BCUT2D eigenvalue weighted by Crippen LogP contribution is 2.32. The second-order valence-corrected chi connectivity index (χ2v) is 12.3. The lowest BCUT2D eigenvalue weighted by atomic mass is 10.0. The van der Waals surface area contributed by atoms with Crippen LogP contribution in [0.5, 0.6) is 0 Å². The van der Waals surface area contributed by atoms with E-state index in [2.05, 4.69) is 20.4 Å². The van der Waals surface area contributed by atoms with Crippen molar-refractivity contribution < 1.29 is 27.2 Å². The molecule has 1 aliphatic heterocycles.